The lowest BCUT2D eigenvalue weighted by atomic mass is 9.96. The van der Waals surface area contributed by atoms with Gasteiger partial charge in [0, 0.05) is 25.2 Å². The average Bonchev–Trinajstić information content (AvgIpc) is 3.16. The molecule has 1 aliphatic heterocycles. The zero-order valence-electron chi connectivity index (χ0n) is 14.3. The highest BCUT2D eigenvalue weighted by Crippen LogP contribution is 2.34. The van der Waals surface area contributed by atoms with Crippen molar-refractivity contribution in [2.24, 2.45) is 0 Å². The Morgan fingerprint density at radius 3 is 3.00 bits per heavy atom. The number of rotatable bonds is 6. The quantitative estimate of drug-likeness (QED) is 0.881. The van der Waals surface area contributed by atoms with E-state index in [2.05, 4.69) is 47.3 Å². The van der Waals surface area contributed by atoms with Gasteiger partial charge in [0.25, 0.3) is 0 Å². The van der Waals surface area contributed by atoms with Crippen LogP contribution in [0.25, 0.3) is 0 Å². The maximum absolute atomic E-state index is 10.7. The van der Waals surface area contributed by atoms with E-state index in [0.717, 1.165) is 25.2 Å². The molecule has 128 valence electrons. The van der Waals surface area contributed by atoms with Crippen molar-refractivity contribution in [2.75, 3.05) is 13.1 Å². The van der Waals surface area contributed by atoms with Crippen molar-refractivity contribution < 1.29 is 9.90 Å². The van der Waals surface area contributed by atoms with Gasteiger partial charge in [-0.2, -0.15) is 0 Å². The molecular weight excluding hydrogens is 304 g/mol. The molecule has 2 heterocycles. The van der Waals surface area contributed by atoms with E-state index >= 15 is 0 Å². The van der Waals surface area contributed by atoms with E-state index in [1.54, 1.807) is 6.20 Å². The van der Waals surface area contributed by atoms with Gasteiger partial charge in [-0.1, -0.05) is 23.4 Å². The SMILES string of the molecule is Cc1cccc(C2CCCN2CCc2cn(CC(=O)O)nn2)c1C. The van der Waals surface area contributed by atoms with E-state index in [-0.39, 0.29) is 6.54 Å². The topological polar surface area (TPSA) is 71.2 Å². The third-order valence-corrected chi connectivity index (χ3v) is 4.91. The fraction of sp³-hybridized carbons (Fsp3) is 0.500. The summed E-state index contributed by atoms with van der Waals surface area (Å²) < 4.78 is 1.38. The van der Waals surface area contributed by atoms with E-state index in [1.165, 1.54) is 34.2 Å². The van der Waals surface area contributed by atoms with Crippen LogP contribution in [0.1, 0.15) is 41.3 Å². The van der Waals surface area contributed by atoms with E-state index in [4.69, 9.17) is 5.11 Å². The Labute approximate surface area is 142 Å². The molecule has 1 fully saturated rings. The second-order valence-electron chi connectivity index (χ2n) is 6.53. The molecule has 1 N–H and O–H groups in total. The molecule has 6 nitrogen and oxygen atoms in total. The van der Waals surface area contributed by atoms with Crippen LogP contribution in [-0.4, -0.2) is 44.1 Å². The van der Waals surface area contributed by atoms with Crippen molar-refractivity contribution in [1.82, 2.24) is 19.9 Å². The Morgan fingerprint density at radius 2 is 2.21 bits per heavy atom. The van der Waals surface area contributed by atoms with Gasteiger partial charge in [0.15, 0.2) is 0 Å². The molecule has 0 aliphatic carbocycles. The molecule has 24 heavy (non-hydrogen) atoms. The lowest BCUT2D eigenvalue weighted by molar-refractivity contribution is -0.137. The molecule has 1 aromatic carbocycles. The van der Waals surface area contributed by atoms with Crippen LogP contribution < -0.4 is 0 Å². The molecule has 1 saturated heterocycles. The van der Waals surface area contributed by atoms with Crippen LogP contribution in [0.2, 0.25) is 0 Å². The highest BCUT2D eigenvalue weighted by atomic mass is 16.4. The second kappa shape index (κ2) is 7.13. The number of aryl methyl sites for hydroxylation is 1. The minimum absolute atomic E-state index is 0.137. The Bertz CT molecular complexity index is 726. The number of hydrogen-bond acceptors (Lipinski definition) is 4. The van der Waals surface area contributed by atoms with Crippen molar-refractivity contribution in [3.63, 3.8) is 0 Å². The highest BCUT2D eigenvalue weighted by Gasteiger charge is 2.27. The molecule has 0 amide bonds. The monoisotopic (exact) mass is 328 g/mol. The summed E-state index contributed by atoms with van der Waals surface area (Å²) in [7, 11) is 0. The number of likely N-dealkylation sites (tertiary alicyclic amines) is 1. The van der Waals surface area contributed by atoms with Crippen molar-refractivity contribution >= 4 is 5.97 Å². The fourth-order valence-electron chi connectivity index (χ4n) is 3.51. The van der Waals surface area contributed by atoms with Gasteiger partial charge < -0.3 is 5.11 Å². The lowest BCUT2D eigenvalue weighted by Crippen LogP contribution is -2.26. The first-order valence-electron chi connectivity index (χ1n) is 8.45. The Morgan fingerprint density at radius 1 is 1.38 bits per heavy atom. The summed E-state index contributed by atoms with van der Waals surface area (Å²) in [5, 5.41) is 16.7. The first kappa shape index (κ1) is 16.6. The van der Waals surface area contributed by atoms with E-state index in [1.807, 2.05) is 0 Å². The maximum Gasteiger partial charge on any atom is 0.325 e. The summed E-state index contributed by atoms with van der Waals surface area (Å²) in [6.07, 6.45) is 4.93. The highest BCUT2D eigenvalue weighted by molar-refractivity contribution is 5.66. The first-order valence-corrected chi connectivity index (χ1v) is 8.45. The summed E-state index contributed by atoms with van der Waals surface area (Å²) in [6.45, 7) is 6.25. The van der Waals surface area contributed by atoms with Crippen molar-refractivity contribution in [2.45, 2.75) is 45.7 Å². The van der Waals surface area contributed by atoms with Crippen LogP contribution in [0, 0.1) is 13.8 Å². The third-order valence-electron chi connectivity index (χ3n) is 4.91. The third kappa shape index (κ3) is 3.64. The molecule has 0 radical (unpaired) electrons. The molecule has 1 aromatic heterocycles. The smallest absolute Gasteiger partial charge is 0.325 e. The van der Waals surface area contributed by atoms with Crippen molar-refractivity contribution in [3.05, 3.63) is 46.8 Å². The fourth-order valence-corrected chi connectivity index (χ4v) is 3.51. The minimum Gasteiger partial charge on any atom is -0.480 e. The van der Waals surface area contributed by atoms with Crippen LogP contribution in [0.5, 0.6) is 0 Å². The number of aromatic nitrogens is 3. The van der Waals surface area contributed by atoms with Crippen LogP contribution in [0.15, 0.2) is 24.4 Å². The zero-order valence-corrected chi connectivity index (χ0v) is 14.3. The maximum atomic E-state index is 10.7. The number of aliphatic carboxylic acids is 1. The molecule has 6 heteroatoms. The van der Waals surface area contributed by atoms with Crippen LogP contribution >= 0.6 is 0 Å². The number of carboxylic acids is 1. The summed E-state index contributed by atoms with van der Waals surface area (Å²) >= 11 is 0. The van der Waals surface area contributed by atoms with Crippen LogP contribution in [0.4, 0.5) is 0 Å². The predicted molar refractivity (Wildman–Crippen MR) is 90.8 cm³/mol. The molecule has 3 rings (SSSR count). The standard InChI is InChI=1S/C18H24N4O2/c1-13-5-3-6-16(14(13)2)17-7-4-9-21(17)10-8-15-11-22(20-19-15)12-18(23)24/h3,5-6,11,17H,4,7-10,12H2,1-2H3,(H,23,24). The Balaban J connectivity index is 1.65. The van der Waals surface area contributed by atoms with Gasteiger partial charge in [-0.15, -0.1) is 5.10 Å². The molecule has 0 spiro atoms. The van der Waals surface area contributed by atoms with Gasteiger partial charge in [0.1, 0.15) is 6.54 Å². The van der Waals surface area contributed by atoms with E-state index in [9.17, 15) is 4.79 Å². The number of carboxylic acid groups (broad SMARTS) is 1. The van der Waals surface area contributed by atoms with Crippen LogP contribution in [-0.2, 0) is 17.8 Å². The second-order valence-corrected chi connectivity index (χ2v) is 6.53. The van der Waals surface area contributed by atoms with Gasteiger partial charge >= 0.3 is 5.97 Å². The first-order chi connectivity index (χ1) is 11.5. The minimum atomic E-state index is -0.902. The summed E-state index contributed by atoms with van der Waals surface area (Å²) in [6, 6.07) is 7.03. The average molecular weight is 328 g/mol. The molecule has 1 unspecified atom stereocenters. The molecule has 0 bridgehead atoms. The van der Waals surface area contributed by atoms with Gasteiger partial charge in [0.2, 0.25) is 0 Å². The predicted octanol–water partition coefficient (Wildman–Crippen LogP) is 2.36. The van der Waals surface area contributed by atoms with Gasteiger partial charge in [0.05, 0.1) is 5.69 Å². The van der Waals surface area contributed by atoms with Crippen molar-refractivity contribution in [3.8, 4) is 0 Å². The molecule has 1 atom stereocenters. The number of carbonyl (C=O) groups is 1. The van der Waals surface area contributed by atoms with Gasteiger partial charge in [-0.25, -0.2) is 4.68 Å². The van der Waals surface area contributed by atoms with Gasteiger partial charge in [-0.3, -0.25) is 9.69 Å². The van der Waals surface area contributed by atoms with Crippen LogP contribution in [0.3, 0.4) is 0 Å². The summed E-state index contributed by atoms with van der Waals surface area (Å²) in [5.41, 5.74) is 5.02. The van der Waals surface area contributed by atoms with E-state index in [0.29, 0.717) is 6.04 Å². The Hall–Kier alpha value is -2.21. The summed E-state index contributed by atoms with van der Waals surface area (Å²) in [5.74, 6) is -0.902. The number of benzene rings is 1. The lowest BCUT2D eigenvalue weighted by Gasteiger charge is -2.26. The number of hydrogen-bond donors (Lipinski definition) is 1. The Kier molecular flexibility index (Phi) is 4.94. The molecule has 1 aliphatic rings. The summed E-state index contributed by atoms with van der Waals surface area (Å²) in [4.78, 5) is 13.2. The van der Waals surface area contributed by atoms with E-state index < -0.39 is 5.97 Å². The molecular formula is C18H24N4O2. The largest absolute Gasteiger partial charge is 0.480 e. The molecule has 2 aromatic rings. The van der Waals surface area contributed by atoms with Gasteiger partial charge in [-0.05, 0) is 49.9 Å². The zero-order chi connectivity index (χ0) is 17.1. The number of nitrogens with zero attached hydrogens (tertiary/aromatic N) is 4. The van der Waals surface area contributed by atoms with Crippen molar-refractivity contribution in [1.29, 1.82) is 0 Å². The molecule has 0 saturated carbocycles. The normalized spacial score (nSPS) is 18.2.